The molecule has 1 rings (SSSR count). The molecule has 88 valence electrons. The van der Waals surface area contributed by atoms with Crippen LogP contribution in [0.3, 0.4) is 0 Å². The van der Waals surface area contributed by atoms with E-state index in [-0.39, 0.29) is 6.04 Å². The van der Waals surface area contributed by atoms with Crippen molar-refractivity contribution in [3.63, 3.8) is 0 Å². The molecule has 0 radical (unpaired) electrons. The molecule has 0 saturated carbocycles. The summed E-state index contributed by atoms with van der Waals surface area (Å²) in [5.74, 6) is 0. The van der Waals surface area contributed by atoms with Crippen molar-refractivity contribution in [3.05, 3.63) is 46.0 Å². The van der Waals surface area contributed by atoms with Crippen molar-refractivity contribution in [2.45, 2.75) is 13.0 Å². The van der Waals surface area contributed by atoms with Crippen LogP contribution in [0.2, 0.25) is 10.0 Å². The van der Waals surface area contributed by atoms with Gasteiger partial charge in [-0.1, -0.05) is 41.4 Å². The molecular formula is C12H16Cl2N2. The van der Waals surface area contributed by atoms with Crippen LogP contribution in [0.1, 0.15) is 18.5 Å². The zero-order chi connectivity index (χ0) is 12.1. The summed E-state index contributed by atoms with van der Waals surface area (Å²) in [5, 5.41) is 4.55. The van der Waals surface area contributed by atoms with Crippen molar-refractivity contribution in [1.29, 1.82) is 0 Å². The Balaban J connectivity index is 2.90. The van der Waals surface area contributed by atoms with E-state index in [1.54, 1.807) is 0 Å². The predicted octanol–water partition coefficient (Wildman–Crippen LogP) is 3.16. The third-order valence-corrected chi connectivity index (χ3v) is 2.89. The van der Waals surface area contributed by atoms with Crippen LogP contribution < -0.4 is 11.1 Å². The number of benzene rings is 1. The lowest BCUT2D eigenvalue weighted by atomic mass is 10.1. The van der Waals surface area contributed by atoms with Crippen LogP contribution in [0.25, 0.3) is 0 Å². The Hall–Kier alpha value is -0.540. The predicted molar refractivity (Wildman–Crippen MR) is 71.1 cm³/mol. The minimum atomic E-state index is -0.0436. The normalized spacial score (nSPS) is 12.5. The van der Waals surface area contributed by atoms with Gasteiger partial charge in [-0.3, -0.25) is 0 Å². The van der Waals surface area contributed by atoms with Crippen LogP contribution in [-0.4, -0.2) is 13.1 Å². The topological polar surface area (TPSA) is 38.0 Å². The summed E-state index contributed by atoms with van der Waals surface area (Å²) in [6.45, 7) is 6.92. The molecule has 0 aliphatic rings. The second-order valence-electron chi connectivity index (χ2n) is 3.76. The van der Waals surface area contributed by atoms with Gasteiger partial charge in [0.15, 0.2) is 0 Å². The van der Waals surface area contributed by atoms with Crippen molar-refractivity contribution in [1.82, 2.24) is 5.32 Å². The maximum atomic E-state index is 6.12. The zero-order valence-electron chi connectivity index (χ0n) is 9.26. The highest BCUT2D eigenvalue weighted by molar-refractivity contribution is 6.36. The fourth-order valence-corrected chi connectivity index (χ4v) is 2.11. The van der Waals surface area contributed by atoms with Crippen LogP contribution >= 0.6 is 23.2 Å². The van der Waals surface area contributed by atoms with Gasteiger partial charge < -0.3 is 11.1 Å². The Bertz CT molecular complexity index is 357. The van der Waals surface area contributed by atoms with E-state index < -0.39 is 0 Å². The summed E-state index contributed by atoms with van der Waals surface area (Å²) in [6.07, 6.45) is 0. The maximum absolute atomic E-state index is 6.12. The van der Waals surface area contributed by atoms with Crippen LogP contribution in [0.15, 0.2) is 30.4 Å². The molecular weight excluding hydrogens is 243 g/mol. The van der Waals surface area contributed by atoms with Gasteiger partial charge in [0.05, 0.1) is 0 Å². The maximum Gasteiger partial charge on any atom is 0.0476 e. The van der Waals surface area contributed by atoms with E-state index in [1.807, 2.05) is 25.1 Å². The Morgan fingerprint density at radius 3 is 2.44 bits per heavy atom. The van der Waals surface area contributed by atoms with Crippen molar-refractivity contribution in [3.8, 4) is 0 Å². The minimum absolute atomic E-state index is 0.0436. The smallest absolute Gasteiger partial charge is 0.0476 e. The third kappa shape index (κ3) is 3.49. The molecule has 1 aromatic carbocycles. The largest absolute Gasteiger partial charge is 0.329 e. The van der Waals surface area contributed by atoms with Crippen LogP contribution in [-0.2, 0) is 0 Å². The highest BCUT2D eigenvalue weighted by atomic mass is 35.5. The molecule has 0 aliphatic carbocycles. The van der Waals surface area contributed by atoms with Gasteiger partial charge in [-0.05, 0) is 19.1 Å². The number of nitrogens with two attached hydrogens (primary N) is 1. The molecule has 2 nitrogen and oxygen atoms in total. The number of halogens is 2. The summed E-state index contributed by atoms with van der Waals surface area (Å²) in [4.78, 5) is 0. The van der Waals surface area contributed by atoms with Crippen LogP contribution in [0, 0.1) is 0 Å². The monoisotopic (exact) mass is 258 g/mol. The van der Waals surface area contributed by atoms with E-state index in [2.05, 4.69) is 11.9 Å². The number of rotatable bonds is 5. The molecule has 1 unspecified atom stereocenters. The molecule has 1 atom stereocenters. The SMILES string of the molecule is C=C(C)CNC(CN)c1c(Cl)cccc1Cl. The van der Waals surface area contributed by atoms with E-state index in [0.29, 0.717) is 23.1 Å². The van der Waals surface area contributed by atoms with E-state index >= 15 is 0 Å². The van der Waals surface area contributed by atoms with Gasteiger partial charge in [0.1, 0.15) is 0 Å². The first-order valence-corrected chi connectivity index (χ1v) is 5.83. The standard InChI is InChI=1S/C12H16Cl2N2/c1-8(2)7-16-11(6-15)12-9(13)4-3-5-10(12)14/h3-5,11,16H,1,6-7,15H2,2H3. The first-order chi connectivity index (χ1) is 7.56. The van der Waals surface area contributed by atoms with Crippen molar-refractivity contribution < 1.29 is 0 Å². The van der Waals surface area contributed by atoms with Gasteiger partial charge in [0.2, 0.25) is 0 Å². The lowest BCUT2D eigenvalue weighted by Crippen LogP contribution is -2.29. The van der Waals surface area contributed by atoms with Crippen molar-refractivity contribution in [2.24, 2.45) is 5.73 Å². The first-order valence-electron chi connectivity index (χ1n) is 5.08. The highest BCUT2D eigenvalue weighted by Crippen LogP contribution is 2.29. The average molecular weight is 259 g/mol. The van der Waals surface area contributed by atoms with Crippen LogP contribution in [0.4, 0.5) is 0 Å². The van der Waals surface area contributed by atoms with Gasteiger partial charge in [0.25, 0.3) is 0 Å². The third-order valence-electron chi connectivity index (χ3n) is 2.23. The van der Waals surface area contributed by atoms with Gasteiger partial charge >= 0.3 is 0 Å². The van der Waals surface area contributed by atoms with E-state index in [0.717, 1.165) is 11.1 Å². The molecule has 3 N–H and O–H groups in total. The van der Waals surface area contributed by atoms with Gasteiger partial charge in [-0.2, -0.15) is 0 Å². The highest BCUT2D eigenvalue weighted by Gasteiger charge is 2.15. The molecule has 0 spiro atoms. The lowest BCUT2D eigenvalue weighted by Gasteiger charge is -2.19. The van der Waals surface area contributed by atoms with Gasteiger partial charge in [-0.25, -0.2) is 0 Å². The molecule has 16 heavy (non-hydrogen) atoms. The first kappa shape index (κ1) is 13.5. The zero-order valence-corrected chi connectivity index (χ0v) is 10.8. The molecule has 0 saturated heterocycles. The summed E-state index contributed by atoms with van der Waals surface area (Å²) >= 11 is 12.2. The summed E-state index contributed by atoms with van der Waals surface area (Å²) in [7, 11) is 0. The molecule has 0 aliphatic heterocycles. The van der Waals surface area contributed by atoms with E-state index in [4.69, 9.17) is 28.9 Å². The Morgan fingerprint density at radius 2 is 2.00 bits per heavy atom. The molecule has 1 aromatic rings. The number of hydrogen-bond acceptors (Lipinski definition) is 2. The lowest BCUT2D eigenvalue weighted by molar-refractivity contribution is 0.570. The Labute approximate surface area is 106 Å². The quantitative estimate of drug-likeness (QED) is 0.797. The molecule has 0 heterocycles. The fraction of sp³-hybridized carbons (Fsp3) is 0.333. The Kier molecular flexibility index (Phi) is 5.29. The van der Waals surface area contributed by atoms with Gasteiger partial charge in [0, 0.05) is 34.7 Å². The van der Waals surface area contributed by atoms with Crippen molar-refractivity contribution in [2.75, 3.05) is 13.1 Å². The second kappa shape index (κ2) is 6.26. The van der Waals surface area contributed by atoms with Crippen molar-refractivity contribution >= 4 is 23.2 Å². The summed E-state index contributed by atoms with van der Waals surface area (Å²) in [5.41, 5.74) is 7.62. The molecule has 0 bridgehead atoms. The number of hydrogen-bond donors (Lipinski definition) is 2. The van der Waals surface area contributed by atoms with Gasteiger partial charge in [-0.15, -0.1) is 0 Å². The van der Waals surface area contributed by atoms with E-state index in [9.17, 15) is 0 Å². The summed E-state index contributed by atoms with van der Waals surface area (Å²) in [6, 6.07) is 5.40. The average Bonchev–Trinajstić information content (AvgIpc) is 2.22. The number of nitrogens with one attached hydrogen (secondary N) is 1. The molecule has 4 heteroatoms. The summed E-state index contributed by atoms with van der Waals surface area (Å²) < 4.78 is 0. The van der Waals surface area contributed by atoms with E-state index in [1.165, 1.54) is 0 Å². The molecule has 0 aromatic heterocycles. The molecule has 0 fully saturated rings. The Morgan fingerprint density at radius 1 is 1.44 bits per heavy atom. The van der Waals surface area contributed by atoms with Crippen LogP contribution in [0.5, 0.6) is 0 Å². The molecule has 0 amide bonds. The fourth-order valence-electron chi connectivity index (χ4n) is 1.44. The minimum Gasteiger partial charge on any atom is -0.329 e. The second-order valence-corrected chi connectivity index (χ2v) is 4.58.